The van der Waals surface area contributed by atoms with E-state index in [0.717, 1.165) is 35.4 Å². The number of guanidine groups is 1. The second-order valence-corrected chi connectivity index (χ2v) is 6.07. The van der Waals surface area contributed by atoms with Crippen LogP contribution in [0.1, 0.15) is 53.7 Å². The minimum atomic E-state index is -0.0540. The molecule has 2 rings (SSSR count). The number of nitrogens with zero attached hydrogens (tertiary/aromatic N) is 2. The summed E-state index contributed by atoms with van der Waals surface area (Å²) in [4.78, 5) is 16.1. The van der Waals surface area contributed by atoms with Gasteiger partial charge in [0.05, 0.1) is 5.69 Å². The SMILES string of the molecule is CCNC(=O)c1ccc(CNC(=NC)NCc2c(CC)noc2CC)cc1. The highest BCUT2D eigenvalue weighted by Crippen LogP contribution is 2.15. The van der Waals surface area contributed by atoms with Gasteiger partial charge < -0.3 is 20.5 Å². The Labute approximate surface area is 160 Å². The van der Waals surface area contributed by atoms with Crippen LogP contribution in [-0.2, 0) is 25.9 Å². The first kappa shape index (κ1) is 20.5. The summed E-state index contributed by atoms with van der Waals surface area (Å²) in [5, 5.41) is 13.5. The molecule has 1 amide bonds. The summed E-state index contributed by atoms with van der Waals surface area (Å²) in [5.41, 5.74) is 3.82. The Hall–Kier alpha value is -2.83. The second-order valence-electron chi connectivity index (χ2n) is 6.07. The molecule has 0 unspecified atom stereocenters. The number of hydrogen-bond acceptors (Lipinski definition) is 4. The third kappa shape index (κ3) is 5.57. The Morgan fingerprint density at radius 2 is 1.74 bits per heavy atom. The number of benzene rings is 1. The van der Waals surface area contributed by atoms with Crippen LogP contribution in [0, 0.1) is 0 Å². The molecule has 0 spiro atoms. The largest absolute Gasteiger partial charge is 0.361 e. The van der Waals surface area contributed by atoms with Crippen LogP contribution in [0.4, 0.5) is 0 Å². The van der Waals surface area contributed by atoms with Crippen molar-refractivity contribution in [2.24, 2.45) is 4.99 Å². The van der Waals surface area contributed by atoms with E-state index in [2.05, 4.69) is 39.9 Å². The van der Waals surface area contributed by atoms with Gasteiger partial charge in [-0.2, -0.15) is 0 Å². The number of hydrogen-bond donors (Lipinski definition) is 3. The lowest BCUT2D eigenvalue weighted by molar-refractivity contribution is 0.0956. The van der Waals surface area contributed by atoms with E-state index in [-0.39, 0.29) is 5.91 Å². The van der Waals surface area contributed by atoms with Crippen LogP contribution >= 0.6 is 0 Å². The van der Waals surface area contributed by atoms with Gasteiger partial charge in [0.1, 0.15) is 5.76 Å². The molecule has 0 atom stereocenters. The van der Waals surface area contributed by atoms with Crippen LogP contribution in [0.15, 0.2) is 33.8 Å². The molecule has 0 radical (unpaired) electrons. The van der Waals surface area contributed by atoms with Gasteiger partial charge in [0.25, 0.3) is 5.91 Å². The number of aryl methyl sites for hydroxylation is 2. The predicted octanol–water partition coefficient (Wildman–Crippen LogP) is 2.41. The van der Waals surface area contributed by atoms with Crippen molar-refractivity contribution in [1.29, 1.82) is 0 Å². The van der Waals surface area contributed by atoms with Gasteiger partial charge in [-0.15, -0.1) is 0 Å². The maximum Gasteiger partial charge on any atom is 0.251 e. The van der Waals surface area contributed by atoms with Gasteiger partial charge in [-0.25, -0.2) is 0 Å². The van der Waals surface area contributed by atoms with Crippen molar-refractivity contribution >= 4 is 11.9 Å². The van der Waals surface area contributed by atoms with Gasteiger partial charge in [-0.05, 0) is 31.0 Å². The number of aliphatic imine (C=N–C) groups is 1. The van der Waals surface area contributed by atoms with E-state index in [4.69, 9.17) is 4.52 Å². The van der Waals surface area contributed by atoms with Crippen LogP contribution in [0.3, 0.4) is 0 Å². The molecule has 0 saturated carbocycles. The van der Waals surface area contributed by atoms with Gasteiger partial charge in [-0.1, -0.05) is 31.1 Å². The third-order valence-electron chi connectivity index (χ3n) is 4.28. The first-order chi connectivity index (χ1) is 13.1. The zero-order valence-corrected chi connectivity index (χ0v) is 16.6. The molecule has 0 aliphatic rings. The minimum Gasteiger partial charge on any atom is -0.361 e. The van der Waals surface area contributed by atoms with Crippen molar-refractivity contribution in [3.63, 3.8) is 0 Å². The highest BCUT2D eigenvalue weighted by molar-refractivity contribution is 5.94. The molecule has 2 aromatic rings. The molecule has 1 heterocycles. The van der Waals surface area contributed by atoms with Crippen LogP contribution in [-0.4, -0.2) is 30.6 Å². The maximum atomic E-state index is 11.8. The van der Waals surface area contributed by atoms with Crippen molar-refractivity contribution in [2.75, 3.05) is 13.6 Å². The molecule has 3 N–H and O–H groups in total. The summed E-state index contributed by atoms with van der Waals surface area (Å²) in [5.74, 6) is 1.56. The summed E-state index contributed by atoms with van der Waals surface area (Å²) in [7, 11) is 1.74. The lowest BCUT2D eigenvalue weighted by atomic mass is 10.1. The highest BCUT2D eigenvalue weighted by atomic mass is 16.5. The number of carbonyl (C=O) groups excluding carboxylic acids is 1. The summed E-state index contributed by atoms with van der Waals surface area (Å²) >= 11 is 0. The highest BCUT2D eigenvalue weighted by Gasteiger charge is 2.13. The molecule has 0 aliphatic heterocycles. The molecule has 0 saturated heterocycles. The number of nitrogens with one attached hydrogen (secondary N) is 3. The number of amides is 1. The van der Waals surface area contributed by atoms with Gasteiger partial charge in [0, 0.05) is 44.2 Å². The second kappa shape index (κ2) is 10.4. The molecular formula is C20H29N5O2. The van der Waals surface area contributed by atoms with E-state index in [9.17, 15) is 4.79 Å². The van der Waals surface area contributed by atoms with Gasteiger partial charge >= 0.3 is 0 Å². The van der Waals surface area contributed by atoms with Crippen LogP contribution < -0.4 is 16.0 Å². The summed E-state index contributed by atoms with van der Waals surface area (Å²) in [6.45, 7) is 7.88. The Kier molecular flexibility index (Phi) is 7.85. The summed E-state index contributed by atoms with van der Waals surface area (Å²) < 4.78 is 5.40. The number of rotatable bonds is 8. The molecule has 146 valence electrons. The maximum absolute atomic E-state index is 11.8. The average Bonchev–Trinajstić information content (AvgIpc) is 3.10. The van der Waals surface area contributed by atoms with E-state index >= 15 is 0 Å². The third-order valence-corrected chi connectivity index (χ3v) is 4.28. The molecule has 0 bridgehead atoms. The predicted molar refractivity (Wildman–Crippen MR) is 107 cm³/mol. The van der Waals surface area contributed by atoms with Gasteiger partial charge in [0.15, 0.2) is 5.96 Å². The lowest BCUT2D eigenvalue weighted by Crippen LogP contribution is -2.36. The normalized spacial score (nSPS) is 11.3. The first-order valence-corrected chi connectivity index (χ1v) is 9.40. The van der Waals surface area contributed by atoms with Crippen molar-refractivity contribution in [1.82, 2.24) is 21.1 Å². The van der Waals surface area contributed by atoms with Crippen molar-refractivity contribution in [3.05, 3.63) is 52.4 Å². The summed E-state index contributed by atoms with van der Waals surface area (Å²) in [6.07, 6.45) is 1.65. The number of carbonyl (C=O) groups is 1. The molecule has 7 nitrogen and oxygen atoms in total. The molecule has 1 aromatic carbocycles. The Morgan fingerprint density at radius 3 is 2.33 bits per heavy atom. The number of aromatic nitrogens is 1. The average molecular weight is 371 g/mol. The van der Waals surface area contributed by atoms with Crippen LogP contribution in [0.2, 0.25) is 0 Å². The van der Waals surface area contributed by atoms with E-state index < -0.39 is 0 Å². The molecule has 27 heavy (non-hydrogen) atoms. The topological polar surface area (TPSA) is 91.5 Å². The molecule has 1 aromatic heterocycles. The zero-order chi connectivity index (χ0) is 19.6. The van der Waals surface area contributed by atoms with Crippen molar-refractivity contribution < 1.29 is 9.32 Å². The Morgan fingerprint density at radius 1 is 1.04 bits per heavy atom. The Balaban J connectivity index is 1.91. The minimum absolute atomic E-state index is 0.0540. The van der Waals surface area contributed by atoms with Crippen molar-refractivity contribution in [3.8, 4) is 0 Å². The smallest absolute Gasteiger partial charge is 0.251 e. The van der Waals surface area contributed by atoms with E-state index in [0.29, 0.717) is 31.2 Å². The fraction of sp³-hybridized carbons (Fsp3) is 0.450. The molecule has 7 heteroatoms. The molecule has 0 fully saturated rings. The fourth-order valence-electron chi connectivity index (χ4n) is 2.75. The van der Waals surface area contributed by atoms with Gasteiger partial charge in [-0.3, -0.25) is 9.79 Å². The standard InChI is InChI=1S/C20H29N5O2/c1-5-17-16(18(6-2)27-25-17)13-24-20(21-4)23-12-14-8-10-15(11-9-14)19(26)22-7-3/h8-11H,5-7,12-13H2,1-4H3,(H,22,26)(H2,21,23,24). The van der Waals surface area contributed by atoms with E-state index in [1.54, 1.807) is 7.05 Å². The summed E-state index contributed by atoms with van der Waals surface area (Å²) in [6, 6.07) is 7.54. The lowest BCUT2D eigenvalue weighted by Gasteiger charge is -2.12. The monoisotopic (exact) mass is 371 g/mol. The quantitative estimate of drug-likeness (QED) is 0.490. The van der Waals surface area contributed by atoms with E-state index in [1.807, 2.05) is 31.2 Å². The van der Waals surface area contributed by atoms with Crippen LogP contribution in [0.25, 0.3) is 0 Å². The molecule has 0 aliphatic carbocycles. The zero-order valence-electron chi connectivity index (χ0n) is 16.6. The molecular weight excluding hydrogens is 342 g/mol. The fourth-order valence-corrected chi connectivity index (χ4v) is 2.75. The van der Waals surface area contributed by atoms with Crippen LogP contribution in [0.5, 0.6) is 0 Å². The van der Waals surface area contributed by atoms with E-state index in [1.165, 1.54) is 0 Å². The Bertz CT molecular complexity index is 744. The van der Waals surface area contributed by atoms with Gasteiger partial charge in [0.2, 0.25) is 0 Å². The van der Waals surface area contributed by atoms with Crippen molar-refractivity contribution in [2.45, 2.75) is 46.7 Å². The first-order valence-electron chi connectivity index (χ1n) is 9.40.